The van der Waals surface area contributed by atoms with Crippen molar-refractivity contribution in [3.8, 4) is 11.5 Å². The quantitative estimate of drug-likeness (QED) is 0.431. The van der Waals surface area contributed by atoms with Crippen molar-refractivity contribution in [2.24, 2.45) is 5.92 Å². The first-order valence-electron chi connectivity index (χ1n) is 13.4. The number of piperidine rings is 1. The van der Waals surface area contributed by atoms with Crippen molar-refractivity contribution in [1.29, 1.82) is 0 Å². The van der Waals surface area contributed by atoms with Crippen molar-refractivity contribution >= 4 is 22.1 Å². The van der Waals surface area contributed by atoms with Gasteiger partial charge in [0.2, 0.25) is 0 Å². The predicted molar refractivity (Wildman–Crippen MR) is 141 cm³/mol. The summed E-state index contributed by atoms with van der Waals surface area (Å²) in [5.41, 5.74) is -0.634. The van der Waals surface area contributed by atoms with Gasteiger partial charge in [-0.3, -0.25) is 9.69 Å². The summed E-state index contributed by atoms with van der Waals surface area (Å²) in [6.07, 6.45) is 0.653. The lowest BCUT2D eigenvalue weighted by Crippen LogP contribution is -2.48. The van der Waals surface area contributed by atoms with Crippen LogP contribution in [0.2, 0.25) is 0 Å². The topological polar surface area (TPSA) is 102 Å². The summed E-state index contributed by atoms with van der Waals surface area (Å²) in [5, 5.41) is 9.22. The summed E-state index contributed by atoms with van der Waals surface area (Å²) in [5.74, 6) is 0.301. The molecule has 1 saturated heterocycles. The lowest BCUT2D eigenvalue weighted by atomic mass is 9.74. The minimum Gasteiger partial charge on any atom is -0.588 e. The number of halogens is 3. The third-order valence-electron chi connectivity index (χ3n) is 8.44. The second kappa shape index (κ2) is 10.9. The lowest BCUT2D eigenvalue weighted by molar-refractivity contribution is -0.139. The zero-order valence-corrected chi connectivity index (χ0v) is 23.1. The summed E-state index contributed by atoms with van der Waals surface area (Å²) in [6.45, 7) is 1.24. The number of benzene rings is 2. The third-order valence-corrected chi connectivity index (χ3v) is 10.2. The average molecular weight is 583 g/mol. The van der Waals surface area contributed by atoms with Crippen molar-refractivity contribution in [1.82, 2.24) is 4.90 Å². The molecule has 1 unspecified atom stereocenters. The largest absolute Gasteiger partial charge is 0.588 e. The number of alkyl halides is 3. The van der Waals surface area contributed by atoms with Crippen LogP contribution >= 0.6 is 0 Å². The number of rotatable bonds is 8. The smallest absolute Gasteiger partial charge is 0.416 e. The van der Waals surface area contributed by atoms with Crippen LogP contribution in [0.15, 0.2) is 41.3 Å². The Kier molecular flexibility index (Phi) is 7.79. The van der Waals surface area contributed by atoms with E-state index in [-0.39, 0.29) is 13.1 Å². The van der Waals surface area contributed by atoms with Gasteiger partial charge in [0.1, 0.15) is 0 Å². The van der Waals surface area contributed by atoms with Crippen LogP contribution in [0, 0.1) is 5.92 Å². The normalized spacial score (nSPS) is 20.9. The number of carboxylic acids is 1. The highest BCUT2D eigenvalue weighted by molar-refractivity contribution is 7.99. The van der Waals surface area contributed by atoms with Crippen LogP contribution in [-0.2, 0) is 31.0 Å². The number of sulfonamides is 1. The molecule has 2 aromatic rings. The van der Waals surface area contributed by atoms with Crippen molar-refractivity contribution in [3.63, 3.8) is 0 Å². The van der Waals surface area contributed by atoms with Gasteiger partial charge >= 0.3 is 12.1 Å². The van der Waals surface area contributed by atoms with E-state index in [0.717, 1.165) is 37.8 Å². The van der Waals surface area contributed by atoms with Crippen molar-refractivity contribution in [2.75, 3.05) is 44.2 Å². The fraction of sp³-hybridized carbons (Fsp3) is 0.536. The first-order valence-corrected chi connectivity index (χ1v) is 14.9. The first kappa shape index (κ1) is 28.7. The Balaban J connectivity index is 1.54. The molecule has 1 atom stereocenters. The number of fused-ring (bicyclic) bond motifs is 2. The molecule has 1 N–H and O–H groups in total. The molecule has 1 spiro atoms. The van der Waals surface area contributed by atoms with Gasteiger partial charge in [0.05, 0.1) is 38.1 Å². The molecule has 5 rings (SSSR count). The molecule has 2 aliphatic heterocycles. The van der Waals surface area contributed by atoms with Crippen LogP contribution in [0.3, 0.4) is 0 Å². The van der Waals surface area contributed by atoms with E-state index in [1.165, 1.54) is 17.5 Å². The van der Waals surface area contributed by atoms with E-state index in [2.05, 4.69) is 0 Å². The molecular weight excluding hydrogens is 549 g/mol. The van der Waals surface area contributed by atoms with Gasteiger partial charge in [-0.15, -0.1) is 0 Å². The van der Waals surface area contributed by atoms with Gasteiger partial charge in [0, 0.05) is 17.5 Å². The van der Waals surface area contributed by atoms with Crippen molar-refractivity contribution < 1.29 is 41.3 Å². The molecule has 218 valence electrons. The number of aliphatic carboxylic acids is 1. The van der Waals surface area contributed by atoms with E-state index in [0.29, 0.717) is 67.3 Å². The maximum Gasteiger partial charge on any atom is 0.416 e. The fourth-order valence-electron chi connectivity index (χ4n) is 6.22. The summed E-state index contributed by atoms with van der Waals surface area (Å²) in [4.78, 5) is 12.6. The highest BCUT2D eigenvalue weighted by atomic mass is 32.3. The minimum absolute atomic E-state index is 0.0249. The van der Waals surface area contributed by atoms with Crippen LogP contribution in [-0.4, -0.2) is 60.4 Å². The highest BCUT2D eigenvalue weighted by Gasteiger charge is 2.51. The van der Waals surface area contributed by atoms with E-state index < -0.39 is 38.4 Å². The summed E-state index contributed by atoms with van der Waals surface area (Å²) >= 11 is 0. The maximum absolute atomic E-state index is 13.9. The van der Waals surface area contributed by atoms with Crippen LogP contribution in [0.4, 0.5) is 18.9 Å². The number of carbonyl (C=O) groups is 1. The Labute approximate surface area is 232 Å². The minimum atomic E-state index is -4.69. The number of nitrogens with zero attached hydrogens (tertiary/aromatic N) is 2. The van der Waals surface area contributed by atoms with E-state index in [1.807, 2.05) is 0 Å². The zero-order valence-electron chi connectivity index (χ0n) is 22.2. The zero-order chi connectivity index (χ0) is 28.7. The average Bonchev–Trinajstić information content (AvgIpc) is 3.54. The monoisotopic (exact) mass is 582 g/mol. The van der Waals surface area contributed by atoms with Gasteiger partial charge in [0.15, 0.2) is 26.8 Å². The van der Waals surface area contributed by atoms with Gasteiger partial charge in [0.25, 0.3) is 0 Å². The number of likely N-dealkylation sites (tertiary alicyclic amines) is 1. The number of ether oxygens (including phenoxy) is 2. The van der Waals surface area contributed by atoms with Gasteiger partial charge in [-0.2, -0.15) is 17.5 Å². The molecule has 2 heterocycles. The van der Waals surface area contributed by atoms with E-state index >= 15 is 0 Å². The Bertz CT molecular complexity index is 1310. The molecule has 1 saturated carbocycles. The maximum atomic E-state index is 13.9. The molecule has 8 nitrogen and oxygen atoms in total. The van der Waals surface area contributed by atoms with Crippen LogP contribution in [0.5, 0.6) is 11.5 Å². The van der Waals surface area contributed by atoms with E-state index in [1.54, 1.807) is 17.0 Å². The molecule has 0 amide bonds. The molecule has 2 aromatic carbocycles. The van der Waals surface area contributed by atoms with Gasteiger partial charge in [-0.1, -0.05) is 23.1 Å². The molecule has 0 bridgehead atoms. The standard InChI is InChI=1S/C28H33F3N2O6S/c1-38-24-14-22-23(15-25(24)39-17-19-5-2-3-6-19)33(18-27(22)9-11-32(12-10-27)16-26(34)35)40(36,37)21-8-4-7-20(13-21)28(29,30)31/h4,7-8,13-15,19H,2-3,5-6,9-12,16-18H2,1H3,(H-,34,35,36,37). The Morgan fingerprint density at radius 2 is 1.85 bits per heavy atom. The van der Waals surface area contributed by atoms with Crippen LogP contribution in [0.25, 0.3) is 0 Å². The Morgan fingerprint density at radius 3 is 2.48 bits per heavy atom. The third kappa shape index (κ3) is 5.53. The van der Waals surface area contributed by atoms with Crippen LogP contribution in [0.1, 0.15) is 49.7 Å². The Hall–Kier alpha value is -2.83. The molecule has 2 fully saturated rings. The van der Waals surface area contributed by atoms with Crippen LogP contribution < -0.4 is 13.8 Å². The molecule has 1 aliphatic carbocycles. The van der Waals surface area contributed by atoms with Crippen molar-refractivity contribution in [2.45, 2.75) is 55.0 Å². The van der Waals surface area contributed by atoms with Gasteiger partial charge < -0.3 is 19.1 Å². The number of anilines is 1. The molecule has 40 heavy (non-hydrogen) atoms. The lowest BCUT2D eigenvalue weighted by Gasteiger charge is -2.39. The Morgan fingerprint density at radius 1 is 1.15 bits per heavy atom. The molecule has 0 aromatic heterocycles. The van der Waals surface area contributed by atoms with Gasteiger partial charge in [-0.05, 0) is 68.5 Å². The second-order valence-electron chi connectivity index (χ2n) is 11.0. The fourth-order valence-corrected chi connectivity index (χ4v) is 7.82. The van der Waals surface area contributed by atoms with Crippen molar-refractivity contribution in [3.05, 3.63) is 47.5 Å². The highest BCUT2D eigenvalue weighted by Crippen LogP contribution is 2.53. The summed E-state index contributed by atoms with van der Waals surface area (Å²) < 4.78 is 81.2. The number of methoxy groups -OCH3 is 1. The number of hydrogen-bond acceptors (Lipinski definition) is 6. The predicted octanol–water partition coefficient (Wildman–Crippen LogP) is 5.13. The second-order valence-corrected chi connectivity index (χ2v) is 12.8. The molecule has 0 radical (unpaired) electrons. The summed E-state index contributed by atoms with van der Waals surface area (Å²) in [6, 6.07) is 7.19. The van der Waals surface area contributed by atoms with E-state index in [4.69, 9.17) is 9.47 Å². The van der Waals surface area contributed by atoms with E-state index in [9.17, 15) is 31.8 Å². The number of hydrogen-bond donors (Lipinski definition) is 1. The SMILES string of the molecule is COc1cc2c(cc1OCC1CCCC1)N([S+](=O)([O-])c1cccc(C(F)(F)F)c1)CC21CCN(CC(=O)O)CC1. The van der Waals surface area contributed by atoms with Gasteiger partial charge in [-0.25, -0.2) is 0 Å². The first-order chi connectivity index (χ1) is 18.9. The molecule has 12 heteroatoms. The molecular formula is C28H33F3N2O6S. The number of carboxylic acid groups (broad SMARTS) is 1. The summed E-state index contributed by atoms with van der Waals surface area (Å²) in [7, 11) is -2.87. The molecule has 3 aliphatic rings.